The molecule has 0 aromatic carbocycles. The van der Waals surface area contributed by atoms with E-state index in [1.807, 2.05) is 7.05 Å². The summed E-state index contributed by atoms with van der Waals surface area (Å²) in [7, 11) is 1.96. The maximum atomic E-state index is 5.46. The summed E-state index contributed by atoms with van der Waals surface area (Å²) in [5.74, 6) is 3.73. The molecular weight excluding hydrogens is 234 g/mol. The lowest BCUT2D eigenvalue weighted by molar-refractivity contribution is 0.778. The SMILES string of the molecule is C#CCN(CCC)c1cc(CNC)cc(CCC)n1. The Labute approximate surface area is 117 Å². The molecule has 0 bridgehead atoms. The third-order valence-corrected chi connectivity index (χ3v) is 2.91. The van der Waals surface area contributed by atoms with Crippen molar-refractivity contribution < 1.29 is 0 Å². The summed E-state index contributed by atoms with van der Waals surface area (Å²) in [6.45, 7) is 6.77. The average Bonchev–Trinajstić information content (AvgIpc) is 2.39. The molecule has 0 amide bonds. The number of aryl methyl sites for hydroxylation is 1. The Balaban J connectivity index is 3.04. The Morgan fingerprint density at radius 3 is 2.68 bits per heavy atom. The molecule has 19 heavy (non-hydrogen) atoms. The highest BCUT2D eigenvalue weighted by atomic mass is 15.2. The van der Waals surface area contributed by atoms with Crippen molar-refractivity contribution in [1.82, 2.24) is 10.3 Å². The van der Waals surface area contributed by atoms with Gasteiger partial charge in [-0.15, -0.1) is 6.42 Å². The van der Waals surface area contributed by atoms with Gasteiger partial charge >= 0.3 is 0 Å². The molecular formula is C16H25N3. The molecule has 0 saturated carbocycles. The summed E-state index contributed by atoms with van der Waals surface area (Å²) in [6, 6.07) is 4.33. The van der Waals surface area contributed by atoms with Crippen LogP contribution in [0.5, 0.6) is 0 Å². The van der Waals surface area contributed by atoms with Gasteiger partial charge in [0.25, 0.3) is 0 Å². The topological polar surface area (TPSA) is 28.2 Å². The molecule has 104 valence electrons. The maximum Gasteiger partial charge on any atom is 0.129 e. The van der Waals surface area contributed by atoms with Gasteiger partial charge in [-0.2, -0.15) is 0 Å². The van der Waals surface area contributed by atoms with E-state index in [1.165, 1.54) is 5.56 Å². The second-order valence-corrected chi connectivity index (χ2v) is 4.73. The lowest BCUT2D eigenvalue weighted by Crippen LogP contribution is -2.26. The molecule has 3 heteroatoms. The second kappa shape index (κ2) is 8.55. The number of aromatic nitrogens is 1. The van der Waals surface area contributed by atoms with Crippen LogP contribution in [0, 0.1) is 12.3 Å². The Morgan fingerprint density at radius 2 is 2.11 bits per heavy atom. The Kier molecular flexibility index (Phi) is 6.99. The first kappa shape index (κ1) is 15.5. The van der Waals surface area contributed by atoms with Crippen molar-refractivity contribution in [2.75, 3.05) is 25.0 Å². The predicted molar refractivity (Wildman–Crippen MR) is 82.3 cm³/mol. The molecule has 0 aliphatic heterocycles. The van der Waals surface area contributed by atoms with Crippen molar-refractivity contribution in [3.8, 4) is 12.3 Å². The lowest BCUT2D eigenvalue weighted by Gasteiger charge is -2.22. The molecule has 0 atom stereocenters. The van der Waals surface area contributed by atoms with Crippen LogP contribution in [0.4, 0.5) is 5.82 Å². The van der Waals surface area contributed by atoms with Gasteiger partial charge in [0, 0.05) is 18.8 Å². The number of nitrogens with zero attached hydrogens (tertiary/aromatic N) is 2. The highest BCUT2D eigenvalue weighted by Crippen LogP contribution is 2.16. The van der Waals surface area contributed by atoms with Gasteiger partial charge in [0.05, 0.1) is 6.54 Å². The van der Waals surface area contributed by atoms with Gasteiger partial charge in [0.1, 0.15) is 5.82 Å². The molecule has 0 saturated heterocycles. The molecule has 1 rings (SSSR count). The summed E-state index contributed by atoms with van der Waals surface area (Å²) >= 11 is 0. The van der Waals surface area contributed by atoms with E-state index in [0.717, 1.165) is 43.9 Å². The highest BCUT2D eigenvalue weighted by Gasteiger charge is 2.09. The van der Waals surface area contributed by atoms with Crippen LogP contribution in [0.25, 0.3) is 0 Å². The molecule has 3 nitrogen and oxygen atoms in total. The molecule has 0 aliphatic carbocycles. The monoisotopic (exact) mass is 259 g/mol. The number of anilines is 1. The van der Waals surface area contributed by atoms with Crippen molar-refractivity contribution in [1.29, 1.82) is 0 Å². The number of hydrogen-bond acceptors (Lipinski definition) is 3. The van der Waals surface area contributed by atoms with Crippen LogP contribution < -0.4 is 10.2 Å². The van der Waals surface area contributed by atoms with Crippen molar-refractivity contribution in [3.63, 3.8) is 0 Å². The zero-order chi connectivity index (χ0) is 14.1. The summed E-state index contributed by atoms with van der Waals surface area (Å²) in [6.07, 6.45) is 8.65. The number of hydrogen-bond donors (Lipinski definition) is 1. The fourth-order valence-electron chi connectivity index (χ4n) is 2.14. The van der Waals surface area contributed by atoms with Gasteiger partial charge in [-0.05, 0) is 37.6 Å². The molecule has 1 heterocycles. The van der Waals surface area contributed by atoms with Crippen LogP contribution in [0.1, 0.15) is 37.9 Å². The van der Waals surface area contributed by atoms with Crippen molar-refractivity contribution in [2.24, 2.45) is 0 Å². The summed E-state index contributed by atoms with van der Waals surface area (Å²) in [5.41, 5.74) is 2.43. The molecule has 0 aliphatic rings. The normalized spacial score (nSPS) is 10.2. The maximum absolute atomic E-state index is 5.46. The molecule has 1 aromatic rings. The van der Waals surface area contributed by atoms with Gasteiger partial charge in [-0.3, -0.25) is 0 Å². The predicted octanol–water partition coefficient (Wildman–Crippen LogP) is 2.60. The van der Waals surface area contributed by atoms with E-state index in [4.69, 9.17) is 11.4 Å². The van der Waals surface area contributed by atoms with E-state index < -0.39 is 0 Å². The number of terminal acetylenes is 1. The van der Waals surface area contributed by atoms with Gasteiger partial charge in [-0.25, -0.2) is 4.98 Å². The summed E-state index contributed by atoms with van der Waals surface area (Å²) < 4.78 is 0. The van der Waals surface area contributed by atoms with E-state index in [0.29, 0.717) is 6.54 Å². The molecule has 0 spiro atoms. The van der Waals surface area contributed by atoms with Crippen LogP contribution in [0.2, 0.25) is 0 Å². The standard InChI is InChI=1S/C16H25N3/c1-5-8-15-11-14(13-17-4)12-16(18-15)19(9-6-2)10-7-3/h2,11-12,17H,5,7-10,13H2,1,3-4H3. The van der Waals surface area contributed by atoms with Gasteiger partial charge in [-0.1, -0.05) is 26.2 Å². The van der Waals surface area contributed by atoms with Crippen LogP contribution in [-0.2, 0) is 13.0 Å². The summed E-state index contributed by atoms with van der Waals surface area (Å²) in [5, 5.41) is 3.20. The van der Waals surface area contributed by atoms with Crippen LogP contribution in [-0.4, -0.2) is 25.1 Å². The molecule has 1 aromatic heterocycles. The Bertz CT molecular complexity index is 396. The first-order valence-corrected chi connectivity index (χ1v) is 7.08. The second-order valence-electron chi connectivity index (χ2n) is 4.73. The van der Waals surface area contributed by atoms with Gasteiger partial charge in [0.2, 0.25) is 0 Å². The largest absolute Gasteiger partial charge is 0.345 e. The zero-order valence-corrected chi connectivity index (χ0v) is 12.4. The average molecular weight is 259 g/mol. The number of rotatable bonds is 8. The quantitative estimate of drug-likeness (QED) is 0.727. The van der Waals surface area contributed by atoms with Gasteiger partial charge in [0.15, 0.2) is 0 Å². The fourth-order valence-corrected chi connectivity index (χ4v) is 2.14. The van der Waals surface area contributed by atoms with Crippen molar-refractivity contribution in [3.05, 3.63) is 23.4 Å². The minimum Gasteiger partial charge on any atom is -0.345 e. The van der Waals surface area contributed by atoms with E-state index >= 15 is 0 Å². The summed E-state index contributed by atoms with van der Waals surface area (Å²) in [4.78, 5) is 6.92. The third-order valence-electron chi connectivity index (χ3n) is 2.91. The van der Waals surface area contributed by atoms with E-state index in [9.17, 15) is 0 Å². The lowest BCUT2D eigenvalue weighted by atomic mass is 10.1. The Morgan fingerprint density at radius 1 is 1.32 bits per heavy atom. The van der Waals surface area contributed by atoms with Gasteiger partial charge < -0.3 is 10.2 Å². The Hall–Kier alpha value is -1.53. The highest BCUT2D eigenvalue weighted by molar-refractivity contribution is 5.44. The van der Waals surface area contributed by atoms with E-state index in [2.05, 4.69) is 42.1 Å². The van der Waals surface area contributed by atoms with Crippen molar-refractivity contribution >= 4 is 5.82 Å². The smallest absolute Gasteiger partial charge is 0.129 e. The van der Waals surface area contributed by atoms with E-state index in [1.54, 1.807) is 0 Å². The first-order valence-electron chi connectivity index (χ1n) is 7.08. The third kappa shape index (κ3) is 4.92. The van der Waals surface area contributed by atoms with Crippen molar-refractivity contribution in [2.45, 2.75) is 39.7 Å². The molecule has 0 radical (unpaired) electrons. The van der Waals surface area contributed by atoms with E-state index in [-0.39, 0.29) is 0 Å². The number of nitrogens with one attached hydrogen (secondary N) is 1. The zero-order valence-electron chi connectivity index (χ0n) is 12.4. The minimum atomic E-state index is 0.620. The molecule has 1 N–H and O–H groups in total. The van der Waals surface area contributed by atoms with Crippen LogP contribution in [0.15, 0.2) is 12.1 Å². The molecule has 0 unspecified atom stereocenters. The molecule has 0 fully saturated rings. The van der Waals surface area contributed by atoms with Crippen LogP contribution in [0.3, 0.4) is 0 Å². The number of pyridine rings is 1. The van der Waals surface area contributed by atoms with Crippen LogP contribution >= 0.6 is 0 Å². The first-order chi connectivity index (χ1) is 9.24. The minimum absolute atomic E-state index is 0.620. The fraction of sp³-hybridized carbons (Fsp3) is 0.562.